The van der Waals surface area contributed by atoms with E-state index in [1.807, 2.05) is 24.3 Å². The Labute approximate surface area is 107 Å². The topological polar surface area (TPSA) is 41.5 Å². The van der Waals surface area contributed by atoms with Gasteiger partial charge in [-0.1, -0.05) is 23.7 Å². The number of para-hydroxylation sites is 1. The first-order valence-electron chi connectivity index (χ1n) is 6.01. The van der Waals surface area contributed by atoms with Crippen molar-refractivity contribution in [1.29, 1.82) is 0 Å². The Balaban J connectivity index is 2.01. The zero-order valence-electron chi connectivity index (χ0n) is 9.73. The van der Waals surface area contributed by atoms with Gasteiger partial charge in [0.1, 0.15) is 0 Å². The molecule has 1 aromatic rings. The van der Waals surface area contributed by atoms with Crippen molar-refractivity contribution in [3.8, 4) is 0 Å². The summed E-state index contributed by atoms with van der Waals surface area (Å²) >= 11 is 6.09. The van der Waals surface area contributed by atoms with Gasteiger partial charge in [-0.05, 0) is 25.0 Å². The Morgan fingerprint density at radius 2 is 2.29 bits per heavy atom. The third-order valence-electron chi connectivity index (χ3n) is 3.18. The summed E-state index contributed by atoms with van der Waals surface area (Å²) in [5, 5.41) is 13.5. The third kappa shape index (κ3) is 3.35. The summed E-state index contributed by atoms with van der Waals surface area (Å²) in [5.41, 5.74) is 0.874. The molecule has 0 bridgehead atoms. The number of hydrogen-bond acceptors (Lipinski definition) is 3. The van der Waals surface area contributed by atoms with Crippen molar-refractivity contribution in [2.24, 2.45) is 5.92 Å². The number of anilines is 1. The summed E-state index contributed by atoms with van der Waals surface area (Å²) in [5.74, 6) is 0.352. The first-order chi connectivity index (χ1) is 8.31. The molecule has 0 aliphatic carbocycles. The minimum atomic E-state index is 0.00944. The van der Waals surface area contributed by atoms with Gasteiger partial charge in [0.15, 0.2) is 0 Å². The van der Waals surface area contributed by atoms with Crippen LogP contribution in [0.3, 0.4) is 0 Å². The van der Waals surface area contributed by atoms with Crippen molar-refractivity contribution >= 4 is 17.3 Å². The summed E-state index contributed by atoms with van der Waals surface area (Å²) in [4.78, 5) is 0. The number of halogens is 1. The zero-order valence-corrected chi connectivity index (χ0v) is 10.5. The van der Waals surface area contributed by atoms with Gasteiger partial charge in [-0.25, -0.2) is 0 Å². The van der Waals surface area contributed by atoms with Crippen molar-refractivity contribution in [1.82, 2.24) is 0 Å². The lowest BCUT2D eigenvalue weighted by Crippen LogP contribution is -2.37. The summed E-state index contributed by atoms with van der Waals surface area (Å²) < 4.78 is 5.45. The Morgan fingerprint density at radius 3 is 2.94 bits per heavy atom. The predicted octanol–water partition coefficient (Wildman–Crippen LogP) is 2.54. The van der Waals surface area contributed by atoms with Crippen LogP contribution in [0.5, 0.6) is 0 Å². The van der Waals surface area contributed by atoms with E-state index in [2.05, 4.69) is 5.32 Å². The Bertz CT molecular complexity index is 353. The molecule has 3 nitrogen and oxygen atoms in total. The number of hydrogen-bond donors (Lipinski definition) is 2. The van der Waals surface area contributed by atoms with E-state index in [9.17, 15) is 5.11 Å². The van der Waals surface area contributed by atoms with Crippen LogP contribution in [-0.2, 0) is 4.74 Å². The highest BCUT2D eigenvalue weighted by atomic mass is 35.5. The molecule has 0 radical (unpaired) electrons. The molecule has 0 amide bonds. The number of aliphatic hydroxyl groups is 1. The molecule has 0 saturated carbocycles. The van der Waals surface area contributed by atoms with Gasteiger partial charge in [0.2, 0.25) is 0 Å². The molecule has 0 aromatic heterocycles. The number of ether oxygens (including phenoxy) is 1. The quantitative estimate of drug-likeness (QED) is 0.869. The van der Waals surface area contributed by atoms with Gasteiger partial charge in [-0.15, -0.1) is 0 Å². The molecular weight excluding hydrogens is 238 g/mol. The summed E-state index contributed by atoms with van der Waals surface area (Å²) in [6.07, 6.45) is 2.15. The molecule has 1 aromatic carbocycles. The molecule has 0 spiro atoms. The van der Waals surface area contributed by atoms with Crippen LogP contribution >= 0.6 is 11.6 Å². The minimum Gasteiger partial charge on any atom is -0.394 e. The monoisotopic (exact) mass is 255 g/mol. The third-order valence-corrected chi connectivity index (χ3v) is 3.51. The highest BCUT2D eigenvalue weighted by molar-refractivity contribution is 6.33. The second kappa shape index (κ2) is 6.24. The zero-order chi connectivity index (χ0) is 12.1. The number of rotatable bonds is 4. The maximum absolute atomic E-state index is 9.47. The lowest BCUT2D eigenvalue weighted by Gasteiger charge is -2.30. The van der Waals surface area contributed by atoms with E-state index in [0.29, 0.717) is 17.5 Å². The van der Waals surface area contributed by atoms with E-state index < -0.39 is 0 Å². The number of nitrogens with one attached hydrogen (secondary N) is 1. The molecule has 1 fully saturated rings. The molecule has 1 aliphatic heterocycles. The average Bonchev–Trinajstić information content (AvgIpc) is 2.39. The maximum Gasteiger partial charge on any atom is 0.0637 e. The van der Waals surface area contributed by atoms with Crippen LogP contribution in [0.1, 0.15) is 12.8 Å². The summed E-state index contributed by atoms with van der Waals surface area (Å²) in [6, 6.07) is 7.60. The largest absolute Gasteiger partial charge is 0.394 e. The van der Waals surface area contributed by atoms with Crippen molar-refractivity contribution in [2.75, 3.05) is 25.1 Å². The molecule has 1 heterocycles. The van der Waals surface area contributed by atoms with Crippen molar-refractivity contribution in [2.45, 2.75) is 18.9 Å². The van der Waals surface area contributed by atoms with E-state index >= 15 is 0 Å². The highest BCUT2D eigenvalue weighted by Gasteiger charge is 2.23. The van der Waals surface area contributed by atoms with Crippen LogP contribution in [0, 0.1) is 5.92 Å². The second-order valence-electron chi connectivity index (χ2n) is 4.39. The molecule has 1 aliphatic rings. The van der Waals surface area contributed by atoms with Gasteiger partial charge in [0.05, 0.1) is 30.0 Å². The Kier molecular flexibility index (Phi) is 4.66. The number of aliphatic hydroxyl groups excluding tert-OH is 1. The lowest BCUT2D eigenvalue weighted by molar-refractivity contribution is 0.0392. The fourth-order valence-electron chi connectivity index (χ4n) is 2.17. The van der Waals surface area contributed by atoms with Gasteiger partial charge < -0.3 is 15.2 Å². The van der Waals surface area contributed by atoms with Crippen LogP contribution in [0.15, 0.2) is 24.3 Å². The molecular formula is C13H18ClNO2. The van der Waals surface area contributed by atoms with Gasteiger partial charge in [-0.2, -0.15) is 0 Å². The molecule has 2 unspecified atom stereocenters. The van der Waals surface area contributed by atoms with Gasteiger partial charge in [0, 0.05) is 12.5 Å². The number of benzene rings is 1. The van der Waals surface area contributed by atoms with E-state index in [1.165, 1.54) is 0 Å². The Hall–Kier alpha value is -0.770. The fourth-order valence-corrected chi connectivity index (χ4v) is 2.36. The highest BCUT2D eigenvalue weighted by Crippen LogP contribution is 2.25. The molecule has 4 heteroatoms. The predicted molar refractivity (Wildman–Crippen MR) is 69.5 cm³/mol. The molecule has 2 N–H and O–H groups in total. The van der Waals surface area contributed by atoms with Crippen molar-refractivity contribution < 1.29 is 9.84 Å². The van der Waals surface area contributed by atoms with Crippen LogP contribution in [0.25, 0.3) is 0 Å². The van der Waals surface area contributed by atoms with Crippen LogP contribution < -0.4 is 5.32 Å². The van der Waals surface area contributed by atoms with E-state index in [4.69, 9.17) is 16.3 Å². The summed E-state index contributed by atoms with van der Waals surface area (Å²) in [7, 11) is 0. The van der Waals surface area contributed by atoms with Crippen LogP contribution in [0.4, 0.5) is 5.69 Å². The fraction of sp³-hybridized carbons (Fsp3) is 0.538. The lowest BCUT2D eigenvalue weighted by atomic mass is 9.94. The van der Waals surface area contributed by atoms with E-state index in [1.54, 1.807) is 0 Å². The normalized spacial score (nSPS) is 22.1. The smallest absolute Gasteiger partial charge is 0.0637 e. The van der Waals surface area contributed by atoms with Gasteiger partial charge in [0.25, 0.3) is 0 Å². The molecule has 2 atom stereocenters. The molecule has 1 saturated heterocycles. The standard InChI is InChI=1S/C13H18ClNO2/c14-11-5-1-2-6-12(11)15-13(8-16)10-4-3-7-17-9-10/h1-2,5-6,10,13,15-16H,3-4,7-9H2. The van der Waals surface area contributed by atoms with Crippen LogP contribution in [-0.4, -0.2) is 31.0 Å². The van der Waals surface area contributed by atoms with E-state index in [-0.39, 0.29) is 12.6 Å². The maximum atomic E-state index is 9.47. The second-order valence-corrected chi connectivity index (χ2v) is 4.80. The van der Waals surface area contributed by atoms with Crippen LogP contribution in [0.2, 0.25) is 5.02 Å². The minimum absolute atomic E-state index is 0.00944. The molecule has 94 valence electrons. The SMILES string of the molecule is OCC(Nc1ccccc1Cl)C1CCCOC1. The van der Waals surface area contributed by atoms with E-state index in [0.717, 1.165) is 25.1 Å². The summed E-state index contributed by atoms with van der Waals surface area (Å²) in [6.45, 7) is 1.64. The molecule has 2 rings (SSSR count). The Morgan fingerprint density at radius 1 is 1.47 bits per heavy atom. The van der Waals surface area contributed by atoms with Crippen molar-refractivity contribution in [3.63, 3.8) is 0 Å². The van der Waals surface area contributed by atoms with Gasteiger partial charge >= 0.3 is 0 Å². The average molecular weight is 256 g/mol. The first kappa shape index (κ1) is 12.7. The van der Waals surface area contributed by atoms with Crippen molar-refractivity contribution in [3.05, 3.63) is 29.3 Å². The first-order valence-corrected chi connectivity index (χ1v) is 6.38. The van der Waals surface area contributed by atoms with Gasteiger partial charge in [-0.3, -0.25) is 0 Å². The molecule has 17 heavy (non-hydrogen) atoms.